The van der Waals surface area contributed by atoms with Crippen LogP contribution in [0.2, 0.25) is 0 Å². The molecule has 0 saturated carbocycles. The Kier molecular flexibility index (Phi) is 7.86. The third kappa shape index (κ3) is 5.63. The summed E-state index contributed by atoms with van der Waals surface area (Å²) in [5.74, 6) is 1.60. The minimum atomic E-state index is 0. The van der Waals surface area contributed by atoms with Crippen LogP contribution in [-0.4, -0.2) is 33.7 Å². The first-order chi connectivity index (χ1) is 10.2. The zero-order valence-electron chi connectivity index (χ0n) is 13.1. The second-order valence-electron chi connectivity index (χ2n) is 5.03. The van der Waals surface area contributed by atoms with E-state index in [9.17, 15) is 0 Å². The number of H-pyrrole nitrogens is 1. The van der Waals surface area contributed by atoms with Crippen LogP contribution < -0.4 is 10.6 Å². The van der Waals surface area contributed by atoms with Crippen molar-refractivity contribution in [2.75, 3.05) is 6.54 Å². The maximum Gasteiger partial charge on any atom is 0.191 e. The number of aromatic nitrogens is 3. The molecule has 0 atom stereocenters. The van der Waals surface area contributed by atoms with Gasteiger partial charge in [0.25, 0.3) is 0 Å². The smallest absolute Gasteiger partial charge is 0.191 e. The summed E-state index contributed by atoms with van der Waals surface area (Å²) < 4.78 is 0. The number of hydrogen-bond acceptors (Lipinski definition) is 3. The normalized spacial score (nSPS) is 11.2. The fourth-order valence-electron chi connectivity index (χ4n) is 1.93. The molecular formula is C15H23IN6. The number of aromatic amines is 1. The number of nitrogens with one attached hydrogen (secondary N) is 3. The average molecular weight is 414 g/mol. The van der Waals surface area contributed by atoms with Crippen molar-refractivity contribution < 1.29 is 0 Å². The Morgan fingerprint density at radius 2 is 2.18 bits per heavy atom. The molecule has 1 aromatic heterocycles. The van der Waals surface area contributed by atoms with Crippen molar-refractivity contribution in [3.63, 3.8) is 0 Å². The molecule has 1 aromatic carbocycles. The van der Waals surface area contributed by atoms with Crippen LogP contribution in [0.15, 0.2) is 35.6 Å². The molecule has 0 fully saturated rings. The molecule has 0 amide bonds. The maximum absolute atomic E-state index is 4.59. The molecule has 3 N–H and O–H groups in total. The standard InChI is InChI=1S/C15H22N6.HI/c1-4-16-15(20-11(2)3)17-9-12-6-5-7-13(8-12)14-18-10-19-21-14;/h5-8,10-11H,4,9H2,1-3H3,(H2,16,17,20)(H,18,19,21);1H. The van der Waals surface area contributed by atoms with Crippen LogP contribution >= 0.6 is 24.0 Å². The third-order valence-electron chi connectivity index (χ3n) is 2.80. The van der Waals surface area contributed by atoms with Crippen LogP contribution in [0.4, 0.5) is 0 Å². The van der Waals surface area contributed by atoms with Crippen molar-refractivity contribution in [2.24, 2.45) is 4.99 Å². The molecule has 2 rings (SSSR count). The van der Waals surface area contributed by atoms with E-state index < -0.39 is 0 Å². The summed E-state index contributed by atoms with van der Waals surface area (Å²) in [5.41, 5.74) is 2.15. The van der Waals surface area contributed by atoms with E-state index in [1.807, 2.05) is 12.1 Å². The largest absolute Gasteiger partial charge is 0.357 e. The lowest BCUT2D eigenvalue weighted by Gasteiger charge is -2.14. The van der Waals surface area contributed by atoms with Crippen LogP contribution in [0, 0.1) is 0 Å². The molecule has 0 saturated heterocycles. The number of nitrogens with zero attached hydrogens (tertiary/aromatic N) is 3. The molecule has 0 spiro atoms. The molecule has 22 heavy (non-hydrogen) atoms. The van der Waals surface area contributed by atoms with Gasteiger partial charge >= 0.3 is 0 Å². The number of aliphatic imine (C=N–C) groups is 1. The highest BCUT2D eigenvalue weighted by atomic mass is 127. The summed E-state index contributed by atoms with van der Waals surface area (Å²) in [6.07, 6.45) is 1.51. The Labute approximate surface area is 148 Å². The zero-order valence-corrected chi connectivity index (χ0v) is 15.5. The van der Waals surface area contributed by atoms with Crippen LogP contribution in [0.5, 0.6) is 0 Å². The molecule has 0 aliphatic heterocycles. The van der Waals surface area contributed by atoms with Crippen molar-refractivity contribution in [1.29, 1.82) is 0 Å². The highest BCUT2D eigenvalue weighted by molar-refractivity contribution is 14.0. The highest BCUT2D eigenvalue weighted by Gasteiger charge is 2.03. The topological polar surface area (TPSA) is 78.0 Å². The molecule has 0 unspecified atom stereocenters. The van der Waals surface area contributed by atoms with E-state index in [0.29, 0.717) is 12.6 Å². The predicted molar refractivity (Wildman–Crippen MR) is 100 cm³/mol. The summed E-state index contributed by atoms with van der Waals surface area (Å²) in [5, 5.41) is 13.3. The quantitative estimate of drug-likeness (QED) is 0.399. The summed E-state index contributed by atoms with van der Waals surface area (Å²) in [7, 11) is 0. The number of halogens is 1. The van der Waals surface area contributed by atoms with Crippen molar-refractivity contribution in [3.05, 3.63) is 36.2 Å². The zero-order chi connectivity index (χ0) is 15.1. The predicted octanol–water partition coefficient (Wildman–Crippen LogP) is 2.55. The molecule has 0 radical (unpaired) electrons. The van der Waals surface area contributed by atoms with Crippen LogP contribution in [0.25, 0.3) is 11.4 Å². The van der Waals surface area contributed by atoms with Crippen LogP contribution in [-0.2, 0) is 6.54 Å². The lowest BCUT2D eigenvalue weighted by atomic mass is 10.1. The van der Waals surface area contributed by atoms with Gasteiger partial charge in [0, 0.05) is 18.2 Å². The number of guanidine groups is 1. The molecule has 2 aromatic rings. The van der Waals surface area contributed by atoms with E-state index in [1.165, 1.54) is 6.33 Å². The molecular weight excluding hydrogens is 391 g/mol. The Hall–Kier alpha value is -1.64. The molecule has 7 heteroatoms. The second kappa shape index (κ2) is 9.39. The molecule has 6 nitrogen and oxygen atoms in total. The Balaban J connectivity index is 0.00000242. The fourth-order valence-corrected chi connectivity index (χ4v) is 1.93. The Morgan fingerprint density at radius 1 is 1.36 bits per heavy atom. The third-order valence-corrected chi connectivity index (χ3v) is 2.80. The number of hydrogen-bond donors (Lipinski definition) is 3. The second-order valence-corrected chi connectivity index (χ2v) is 5.03. The first-order valence-corrected chi connectivity index (χ1v) is 7.18. The van der Waals surface area contributed by atoms with Gasteiger partial charge in [-0.25, -0.2) is 9.98 Å². The van der Waals surface area contributed by atoms with E-state index in [2.05, 4.69) is 63.7 Å². The van der Waals surface area contributed by atoms with Crippen molar-refractivity contribution >= 4 is 29.9 Å². The Bertz CT molecular complexity index is 579. The lowest BCUT2D eigenvalue weighted by Crippen LogP contribution is -2.40. The molecule has 120 valence electrons. The molecule has 0 bridgehead atoms. The van der Waals surface area contributed by atoms with Gasteiger partial charge in [-0.05, 0) is 32.4 Å². The van der Waals surface area contributed by atoms with Crippen molar-refractivity contribution in [3.8, 4) is 11.4 Å². The van der Waals surface area contributed by atoms with Gasteiger partial charge in [-0.2, -0.15) is 5.10 Å². The number of rotatable bonds is 5. The van der Waals surface area contributed by atoms with Gasteiger partial charge in [-0.1, -0.05) is 18.2 Å². The van der Waals surface area contributed by atoms with Gasteiger partial charge in [0.1, 0.15) is 6.33 Å². The Morgan fingerprint density at radius 3 is 2.82 bits per heavy atom. The van der Waals surface area contributed by atoms with Gasteiger partial charge in [0.05, 0.1) is 6.54 Å². The van der Waals surface area contributed by atoms with Gasteiger partial charge in [0.15, 0.2) is 11.8 Å². The van der Waals surface area contributed by atoms with E-state index in [4.69, 9.17) is 0 Å². The maximum atomic E-state index is 4.59. The van der Waals surface area contributed by atoms with Gasteiger partial charge in [0.2, 0.25) is 0 Å². The fraction of sp³-hybridized carbons (Fsp3) is 0.400. The lowest BCUT2D eigenvalue weighted by molar-refractivity contribution is 0.700. The first-order valence-electron chi connectivity index (χ1n) is 7.18. The van der Waals surface area contributed by atoms with E-state index in [0.717, 1.165) is 29.5 Å². The van der Waals surface area contributed by atoms with Gasteiger partial charge in [-0.3, -0.25) is 5.10 Å². The summed E-state index contributed by atoms with van der Waals surface area (Å²) in [6, 6.07) is 8.49. The highest BCUT2D eigenvalue weighted by Crippen LogP contribution is 2.15. The van der Waals surface area contributed by atoms with Gasteiger partial charge < -0.3 is 10.6 Å². The SMILES string of the molecule is CCNC(=NCc1cccc(-c2ncn[nH]2)c1)NC(C)C.I. The van der Waals surface area contributed by atoms with Crippen LogP contribution in [0.3, 0.4) is 0 Å². The summed E-state index contributed by atoms with van der Waals surface area (Å²) >= 11 is 0. The monoisotopic (exact) mass is 414 g/mol. The minimum absolute atomic E-state index is 0. The average Bonchev–Trinajstić information content (AvgIpc) is 2.99. The summed E-state index contributed by atoms with van der Waals surface area (Å²) in [4.78, 5) is 8.76. The minimum Gasteiger partial charge on any atom is -0.357 e. The first kappa shape index (κ1) is 18.4. The number of benzene rings is 1. The molecule has 0 aliphatic carbocycles. The molecule has 1 heterocycles. The molecule has 0 aliphatic rings. The van der Waals surface area contributed by atoms with Crippen molar-refractivity contribution in [1.82, 2.24) is 25.8 Å². The van der Waals surface area contributed by atoms with E-state index in [1.54, 1.807) is 0 Å². The van der Waals surface area contributed by atoms with Crippen LogP contribution in [0.1, 0.15) is 26.3 Å². The van der Waals surface area contributed by atoms with E-state index in [-0.39, 0.29) is 24.0 Å². The summed E-state index contributed by atoms with van der Waals surface area (Å²) in [6.45, 7) is 7.71. The van der Waals surface area contributed by atoms with E-state index >= 15 is 0 Å². The van der Waals surface area contributed by atoms with Crippen molar-refractivity contribution in [2.45, 2.75) is 33.4 Å². The van der Waals surface area contributed by atoms with Gasteiger partial charge in [-0.15, -0.1) is 24.0 Å².